The van der Waals surface area contributed by atoms with E-state index < -0.39 is 0 Å². The molecule has 2 fully saturated rings. The van der Waals surface area contributed by atoms with E-state index in [1.165, 1.54) is 11.3 Å². The normalized spacial score (nSPS) is 20.5. The van der Waals surface area contributed by atoms with Crippen molar-refractivity contribution < 1.29 is 9.59 Å². The molecule has 1 aromatic carbocycles. The second kappa shape index (κ2) is 7.66. The Labute approximate surface area is 155 Å². The Morgan fingerprint density at radius 1 is 0.769 bits per heavy atom. The smallest absolute Gasteiger partial charge is 0.242 e. The van der Waals surface area contributed by atoms with Crippen LogP contribution in [-0.2, 0) is 16.0 Å². The molecule has 6 nitrogen and oxygen atoms in total. The molecule has 140 valence electrons. The summed E-state index contributed by atoms with van der Waals surface area (Å²) in [5, 5.41) is 0. The van der Waals surface area contributed by atoms with Gasteiger partial charge in [0.2, 0.25) is 11.8 Å². The summed E-state index contributed by atoms with van der Waals surface area (Å²) in [6, 6.07) is 8.36. The average molecular weight is 356 g/mol. The van der Waals surface area contributed by atoms with Gasteiger partial charge in [-0.1, -0.05) is 18.2 Å². The summed E-state index contributed by atoms with van der Waals surface area (Å²) < 4.78 is 0. The van der Waals surface area contributed by atoms with E-state index in [-0.39, 0.29) is 11.8 Å². The van der Waals surface area contributed by atoms with Crippen LogP contribution in [0.2, 0.25) is 0 Å². The minimum atomic E-state index is 0.201. The number of para-hydroxylation sites is 1. The number of amides is 2. The van der Waals surface area contributed by atoms with E-state index in [2.05, 4.69) is 28.0 Å². The van der Waals surface area contributed by atoms with E-state index in [0.717, 1.165) is 65.1 Å². The molecule has 6 heteroatoms. The molecular formula is C20H28N4O2. The van der Waals surface area contributed by atoms with E-state index in [1.807, 2.05) is 15.9 Å². The van der Waals surface area contributed by atoms with E-state index in [4.69, 9.17) is 0 Å². The summed E-state index contributed by atoms with van der Waals surface area (Å²) in [6.45, 7) is 6.75. The number of piperazine rings is 1. The number of likely N-dealkylation sites (tertiary alicyclic amines) is 1. The number of nitrogens with zero attached hydrogens (tertiary/aromatic N) is 4. The summed E-state index contributed by atoms with van der Waals surface area (Å²) in [6.07, 6.45) is 3.29. The number of carbonyl (C=O) groups is 2. The van der Waals surface area contributed by atoms with Crippen molar-refractivity contribution in [1.29, 1.82) is 0 Å². The van der Waals surface area contributed by atoms with Crippen molar-refractivity contribution >= 4 is 17.5 Å². The Kier molecular flexibility index (Phi) is 5.11. The van der Waals surface area contributed by atoms with Crippen molar-refractivity contribution in [1.82, 2.24) is 14.7 Å². The lowest BCUT2D eigenvalue weighted by Crippen LogP contribution is -2.53. The fourth-order valence-electron chi connectivity index (χ4n) is 4.25. The molecule has 0 spiro atoms. The molecule has 0 aromatic heterocycles. The Balaban J connectivity index is 1.24. The molecule has 2 saturated heterocycles. The van der Waals surface area contributed by atoms with Crippen molar-refractivity contribution in [3.8, 4) is 0 Å². The Morgan fingerprint density at radius 3 is 2.19 bits per heavy atom. The first kappa shape index (κ1) is 17.3. The maximum atomic E-state index is 12.7. The van der Waals surface area contributed by atoms with Crippen LogP contribution in [0, 0.1) is 0 Å². The first-order valence-electron chi connectivity index (χ1n) is 9.81. The monoisotopic (exact) mass is 356 g/mol. The Hall–Kier alpha value is -2.08. The second-order valence-electron chi connectivity index (χ2n) is 7.55. The summed E-state index contributed by atoms with van der Waals surface area (Å²) in [5.74, 6) is 0.447. The molecule has 3 aliphatic rings. The zero-order chi connectivity index (χ0) is 17.9. The minimum Gasteiger partial charge on any atom is -0.362 e. The molecule has 3 heterocycles. The molecule has 0 radical (unpaired) electrons. The molecule has 1 aromatic rings. The fourth-order valence-corrected chi connectivity index (χ4v) is 4.25. The molecule has 4 rings (SSSR count). The molecular weight excluding hydrogens is 328 g/mol. The topological polar surface area (TPSA) is 47.1 Å². The number of carbonyl (C=O) groups excluding carboxylic acids is 2. The standard InChI is InChI=1S/C20H28N4O2/c25-19(22-8-3-4-9-22)15-21-11-13-23(14-12-21)20(26)16-24-10-7-17-5-1-2-6-18(17)24/h1-2,5-6H,3-4,7-16H2. The van der Waals surface area contributed by atoms with Gasteiger partial charge in [-0.25, -0.2) is 0 Å². The molecule has 0 atom stereocenters. The zero-order valence-electron chi connectivity index (χ0n) is 15.4. The summed E-state index contributed by atoms with van der Waals surface area (Å²) >= 11 is 0. The van der Waals surface area contributed by atoms with Gasteiger partial charge in [0.05, 0.1) is 13.1 Å². The van der Waals surface area contributed by atoms with E-state index in [9.17, 15) is 9.59 Å². The number of fused-ring (bicyclic) bond motifs is 1. The number of hydrogen-bond donors (Lipinski definition) is 0. The van der Waals surface area contributed by atoms with Gasteiger partial charge in [-0.15, -0.1) is 0 Å². The average Bonchev–Trinajstić information content (AvgIpc) is 3.33. The quantitative estimate of drug-likeness (QED) is 0.801. The maximum absolute atomic E-state index is 12.7. The van der Waals surface area contributed by atoms with Gasteiger partial charge in [0.1, 0.15) is 0 Å². The van der Waals surface area contributed by atoms with Gasteiger partial charge in [-0.2, -0.15) is 0 Å². The van der Waals surface area contributed by atoms with Crippen LogP contribution in [0.25, 0.3) is 0 Å². The summed E-state index contributed by atoms with van der Waals surface area (Å²) in [5.41, 5.74) is 2.54. The van der Waals surface area contributed by atoms with Crippen LogP contribution in [0.1, 0.15) is 18.4 Å². The molecule has 0 aliphatic carbocycles. The lowest BCUT2D eigenvalue weighted by molar-refractivity contribution is -0.133. The number of benzene rings is 1. The van der Waals surface area contributed by atoms with E-state index in [0.29, 0.717) is 13.1 Å². The molecule has 0 bridgehead atoms. The molecule has 26 heavy (non-hydrogen) atoms. The SMILES string of the molecule is O=C(CN1CCN(C(=O)CN2CCc3ccccc32)CC1)N1CCCC1. The number of rotatable bonds is 4. The van der Waals surface area contributed by atoms with Crippen molar-refractivity contribution in [2.75, 3.05) is 63.8 Å². The van der Waals surface area contributed by atoms with Crippen molar-refractivity contribution in [3.63, 3.8) is 0 Å². The predicted octanol–water partition coefficient (Wildman–Crippen LogP) is 0.816. The highest BCUT2D eigenvalue weighted by Crippen LogP contribution is 2.27. The number of anilines is 1. The highest BCUT2D eigenvalue weighted by Gasteiger charge is 2.27. The van der Waals surface area contributed by atoms with Gasteiger partial charge < -0.3 is 14.7 Å². The van der Waals surface area contributed by atoms with Crippen LogP contribution in [0.15, 0.2) is 24.3 Å². The second-order valence-corrected chi connectivity index (χ2v) is 7.55. The maximum Gasteiger partial charge on any atom is 0.242 e. The third-order valence-electron chi connectivity index (χ3n) is 5.85. The van der Waals surface area contributed by atoms with Gasteiger partial charge in [-0.3, -0.25) is 14.5 Å². The molecule has 0 N–H and O–H groups in total. The van der Waals surface area contributed by atoms with Crippen molar-refractivity contribution in [2.24, 2.45) is 0 Å². The lowest BCUT2D eigenvalue weighted by Gasteiger charge is -2.36. The van der Waals surface area contributed by atoms with Crippen LogP contribution in [0.3, 0.4) is 0 Å². The van der Waals surface area contributed by atoms with Gasteiger partial charge in [0.25, 0.3) is 0 Å². The van der Waals surface area contributed by atoms with Crippen LogP contribution < -0.4 is 4.90 Å². The molecule has 0 unspecified atom stereocenters. The van der Waals surface area contributed by atoms with Gasteiger partial charge in [-0.05, 0) is 30.9 Å². The van der Waals surface area contributed by atoms with E-state index in [1.54, 1.807) is 0 Å². The molecule has 0 saturated carbocycles. The van der Waals surface area contributed by atoms with Gasteiger partial charge in [0.15, 0.2) is 0 Å². The zero-order valence-corrected chi connectivity index (χ0v) is 15.4. The highest BCUT2D eigenvalue weighted by atomic mass is 16.2. The third-order valence-corrected chi connectivity index (χ3v) is 5.85. The predicted molar refractivity (Wildman–Crippen MR) is 101 cm³/mol. The van der Waals surface area contributed by atoms with Crippen LogP contribution >= 0.6 is 0 Å². The Morgan fingerprint density at radius 2 is 1.42 bits per heavy atom. The van der Waals surface area contributed by atoms with Crippen LogP contribution in [-0.4, -0.2) is 85.4 Å². The lowest BCUT2D eigenvalue weighted by atomic mass is 10.2. The van der Waals surface area contributed by atoms with E-state index >= 15 is 0 Å². The van der Waals surface area contributed by atoms with Crippen molar-refractivity contribution in [2.45, 2.75) is 19.3 Å². The third kappa shape index (κ3) is 3.70. The summed E-state index contributed by atoms with van der Waals surface area (Å²) in [4.78, 5) is 33.3. The first-order valence-corrected chi connectivity index (χ1v) is 9.81. The largest absolute Gasteiger partial charge is 0.362 e. The summed E-state index contributed by atoms with van der Waals surface area (Å²) in [7, 11) is 0. The molecule has 2 amide bonds. The van der Waals surface area contributed by atoms with Crippen LogP contribution in [0.5, 0.6) is 0 Å². The number of hydrogen-bond acceptors (Lipinski definition) is 4. The van der Waals surface area contributed by atoms with Crippen LogP contribution in [0.4, 0.5) is 5.69 Å². The Bertz CT molecular complexity index is 664. The highest BCUT2D eigenvalue weighted by molar-refractivity contribution is 5.82. The fraction of sp³-hybridized carbons (Fsp3) is 0.600. The van der Waals surface area contributed by atoms with Gasteiger partial charge >= 0.3 is 0 Å². The molecule has 3 aliphatic heterocycles. The first-order chi connectivity index (χ1) is 12.7. The van der Waals surface area contributed by atoms with Gasteiger partial charge in [0, 0.05) is 51.5 Å². The minimum absolute atomic E-state index is 0.201. The van der Waals surface area contributed by atoms with Crippen molar-refractivity contribution in [3.05, 3.63) is 29.8 Å².